The zero-order valence-electron chi connectivity index (χ0n) is 12.6. The Morgan fingerprint density at radius 2 is 1.78 bits per heavy atom. The molecule has 0 bridgehead atoms. The smallest absolute Gasteiger partial charge is 0.257 e. The number of carbonyl (C=O) groups is 1. The number of amides is 1. The largest absolute Gasteiger partial charge is 0.296 e. The van der Waals surface area contributed by atoms with E-state index in [0.717, 1.165) is 16.7 Å². The zero-order chi connectivity index (χ0) is 16.4. The van der Waals surface area contributed by atoms with Crippen LogP contribution in [0.5, 0.6) is 0 Å². The van der Waals surface area contributed by atoms with Crippen molar-refractivity contribution in [2.24, 2.45) is 0 Å². The Labute approximate surface area is 137 Å². The zero-order valence-corrected chi connectivity index (χ0v) is 13.4. The molecule has 0 saturated heterocycles. The van der Waals surface area contributed by atoms with Crippen LogP contribution in [0.2, 0.25) is 0 Å². The van der Waals surface area contributed by atoms with Gasteiger partial charge in [0, 0.05) is 11.1 Å². The summed E-state index contributed by atoms with van der Waals surface area (Å²) in [6, 6.07) is 11.5. The molecule has 0 radical (unpaired) electrons. The molecule has 0 aliphatic heterocycles. The monoisotopic (exact) mass is 327 g/mol. The van der Waals surface area contributed by atoms with Crippen molar-refractivity contribution in [1.29, 1.82) is 0 Å². The van der Waals surface area contributed by atoms with E-state index in [9.17, 15) is 9.18 Å². The van der Waals surface area contributed by atoms with Crippen molar-refractivity contribution in [3.63, 3.8) is 0 Å². The van der Waals surface area contributed by atoms with Crippen molar-refractivity contribution in [2.45, 2.75) is 13.8 Å². The minimum Gasteiger partial charge on any atom is -0.296 e. The molecular formula is C17H14FN3OS. The fourth-order valence-corrected chi connectivity index (χ4v) is 2.78. The summed E-state index contributed by atoms with van der Waals surface area (Å²) in [7, 11) is 0. The molecule has 1 aromatic heterocycles. The van der Waals surface area contributed by atoms with E-state index in [2.05, 4.69) is 15.5 Å². The Bertz CT molecular complexity index is 859. The molecule has 23 heavy (non-hydrogen) atoms. The van der Waals surface area contributed by atoms with Gasteiger partial charge in [0.25, 0.3) is 5.91 Å². The molecule has 0 fully saturated rings. The van der Waals surface area contributed by atoms with Crippen molar-refractivity contribution in [2.75, 3.05) is 5.32 Å². The maximum absolute atomic E-state index is 12.9. The fourth-order valence-electron chi connectivity index (χ4n) is 2.03. The van der Waals surface area contributed by atoms with Gasteiger partial charge in [0.05, 0.1) is 0 Å². The summed E-state index contributed by atoms with van der Waals surface area (Å²) in [6.07, 6.45) is 0. The second kappa shape index (κ2) is 6.26. The van der Waals surface area contributed by atoms with E-state index < -0.39 is 0 Å². The molecule has 2 aromatic carbocycles. The third-order valence-corrected chi connectivity index (χ3v) is 4.39. The lowest BCUT2D eigenvalue weighted by atomic mass is 10.1. The third-order valence-electron chi connectivity index (χ3n) is 3.51. The Balaban J connectivity index is 1.77. The van der Waals surface area contributed by atoms with Crippen molar-refractivity contribution in [3.8, 4) is 10.6 Å². The van der Waals surface area contributed by atoms with Crippen molar-refractivity contribution in [3.05, 3.63) is 65.0 Å². The summed E-state index contributed by atoms with van der Waals surface area (Å²) in [5, 5.41) is 11.8. The van der Waals surface area contributed by atoms with Gasteiger partial charge in [-0.3, -0.25) is 10.1 Å². The van der Waals surface area contributed by atoms with Gasteiger partial charge in [0.1, 0.15) is 10.8 Å². The third kappa shape index (κ3) is 3.43. The number of benzene rings is 2. The predicted molar refractivity (Wildman–Crippen MR) is 89.2 cm³/mol. The summed E-state index contributed by atoms with van der Waals surface area (Å²) in [5.74, 6) is -0.531. The van der Waals surface area contributed by atoms with Crippen LogP contribution in [0.25, 0.3) is 10.6 Å². The number of hydrogen-bond donors (Lipinski definition) is 1. The van der Waals surface area contributed by atoms with E-state index in [0.29, 0.717) is 15.7 Å². The van der Waals surface area contributed by atoms with E-state index in [1.165, 1.54) is 23.5 Å². The second-order valence-corrected chi connectivity index (χ2v) is 6.15. The van der Waals surface area contributed by atoms with Crippen LogP contribution in [0.1, 0.15) is 21.5 Å². The number of carbonyl (C=O) groups excluding carboxylic acids is 1. The molecule has 1 amide bonds. The van der Waals surface area contributed by atoms with Crippen LogP contribution >= 0.6 is 11.3 Å². The highest BCUT2D eigenvalue weighted by molar-refractivity contribution is 7.18. The molecule has 0 atom stereocenters. The number of anilines is 1. The normalized spacial score (nSPS) is 10.6. The van der Waals surface area contributed by atoms with Crippen LogP contribution in [-0.2, 0) is 0 Å². The minimum absolute atomic E-state index is 0.227. The minimum atomic E-state index is -0.304. The van der Waals surface area contributed by atoms with Gasteiger partial charge in [-0.15, -0.1) is 10.2 Å². The first-order chi connectivity index (χ1) is 11.0. The predicted octanol–water partition coefficient (Wildman–Crippen LogP) is 4.21. The maximum Gasteiger partial charge on any atom is 0.257 e. The Hall–Kier alpha value is -2.60. The molecule has 1 heterocycles. The van der Waals surface area contributed by atoms with Gasteiger partial charge >= 0.3 is 0 Å². The number of halogens is 1. The van der Waals surface area contributed by atoms with Gasteiger partial charge in [-0.1, -0.05) is 17.4 Å². The molecule has 6 heteroatoms. The van der Waals surface area contributed by atoms with Crippen LogP contribution in [0.3, 0.4) is 0 Å². The Kier molecular flexibility index (Phi) is 4.16. The molecule has 3 rings (SSSR count). The molecular weight excluding hydrogens is 313 g/mol. The average Bonchev–Trinajstić information content (AvgIpc) is 2.99. The standard InChI is InChI=1S/C17H14FN3OS/c1-10-3-4-13(9-11(10)2)15(22)19-17-21-20-16(23-17)12-5-7-14(18)8-6-12/h3-9H,1-2H3,(H,19,21,22). The first kappa shape index (κ1) is 15.3. The van der Waals surface area contributed by atoms with Gasteiger partial charge in [0.15, 0.2) is 0 Å². The summed E-state index contributed by atoms with van der Waals surface area (Å²) < 4.78 is 12.9. The molecule has 3 aromatic rings. The molecule has 0 aliphatic carbocycles. The van der Waals surface area contributed by atoms with Gasteiger partial charge in [-0.05, 0) is 61.4 Å². The highest BCUT2D eigenvalue weighted by atomic mass is 32.1. The van der Waals surface area contributed by atoms with Crippen LogP contribution in [-0.4, -0.2) is 16.1 Å². The van der Waals surface area contributed by atoms with Gasteiger partial charge in [-0.2, -0.15) is 0 Å². The average molecular weight is 327 g/mol. The van der Waals surface area contributed by atoms with Crippen LogP contribution in [0.15, 0.2) is 42.5 Å². The molecule has 0 saturated carbocycles. The molecule has 116 valence electrons. The van der Waals surface area contributed by atoms with Crippen molar-refractivity contribution < 1.29 is 9.18 Å². The molecule has 0 aliphatic rings. The summed E-state index contributed by atoms with van der Waals surface area (Å²) in [4.78, 5) is 12.2. The first-order valence-electron chi connectivity index (χ1n) is 7.01. The molecule has 4 nitrogen and oxygen atoms in total. The van der Waals surface area contributed by atoms with E-state index in [1.807, 2.05) is 26.0 Å². The number of nitrogens with zero attached hydrogens (tertiary/aromatic N) is 2. The molecule has 1 N–H and O–H groups in total. The van der Waals surface area contributed by atoms with Crippen molar-refractivity contribution >= 4 is 22.4 Å². The Morgan fingerprint density at radius 1 is 1.04 bits per heavy atom. The lowest BCUT2D eigenvalue weighted by molar-refractivity contribution is 0.102. The summed E-state index contributed by atoms with van der Waals surface area (Å²) in [6.45, 7) is 3.96. The lowest BCUT2D eigenvalue weighted by Crippen LogP contribution is -2.12. The van der Waals surface area contributed by atoms with Gasteiger partial charge in [0.2, 0.25) is 5.13 Å². The van der Waals surface area contributed by atoms with Crippen LogP contribution in [0, 0.1) is 19.7 Å². The highest BCUT2D eigenvalue weighted by Gasteiger charge is 2.12. The van der Waals surface area contributed by atoms with Gasteiger partial charge in [-0.25, -0.2) is 4.39 Å². The van der Waals surface area contributed by atoms with E-state index in [1.54, 1.807) is 18.2 Å². The maximum atomic E-state index is 12.9. The van der Waals surface area contributed by atoms with E-state index in [4.69, 9.17) is 0 Å². The van der Waals surface area contributed by atoms with Crippen LogP contribution < -0.4 is 5.32 Å². The number of hydrogen-bond acceptors (Lipinski definition) is 4. The molecule has 0 spiro atoms. The highest BCUT2D eigenvalue weighted by Crippen LogP contribution is 2.26. The van der Waals surface area contributed by atoms with Crippen molar-refractivity contribution in [1.82, 2.24) is 10.2 Å². The topological polar surface area (TPSA) is 54.9 Å². The van der Waals surface area contributed by atoms with Gasteiger partial charge < -0.3 is 0 Å². The Morgan fingerprint density at radius 3 is 2.48 bits per heavy atom. The van der Waals surface area contributed by atoms with Crippen LogP contribution in [0.4, 0.5) is 9.52 Å². The number of nitrogens with one attached hydrogen (secondary N) is 1. The van der Waals surface area contributed by atoms with E-state index >= 15 is 0 Å². The SMILES string of the molecule is Cc1ccc(C(=O)Nc2nnc(-c3ccc(F)cc3)s2)cc1C. The molecule has 0 unspecified atom stereocenters. The number of rotatable bonds is 3. The fraction of sp³-hybridized carbons (Fsp3) is 0.118. The summed E-state index contributed by atoms with van der Waals surface area (Å²) >= 11 is 1.25. The van der Waals surface area contributed by atoms with E-state index in [-0.39, 0.29) is 11.7 Å². The quantitative estimate of drug-likeness (QED) is 0.784. The second-order valence-electron chi connectivity index (χ2n) is 5.17. The lowest BCUT2D eigenvalue weighted by Gasteiger charge is -2.04. The first-order valence-corrected chi connectivity index (χ1v) is 7.82. The number of aromatic nitrogens is 2. The summed E-state index contributed by atoms with van der Waals surface area (Å²) in [5.41, 5.74) is 3.53. The number of aryl methyl sites for hydroxylation is 2.